The largest absolute Gasteiger partial charge is 0.454 e. The number of benzene rings is 1. The number of amides is 2. The molecular weight excluding hydrogens is 378 g/mol. The average molecular weight is 401 g/mol. The lowest BCUT2D eigenvalue weighted by Crippen LogP contribution is -2.41. The standard InChI is InChI=1S/C20H23N3O4S/c24-19-14-28-18-4-2-1-3-16(18)23(19)13-15-5-6-17(27-15)20(25)21-7-8-22-9-11-26-12-10-22/h1-6H,7-14H2,(H,21,25). The second-order valence-electron chi connectivity index (χ2n) is 6.71. The van der Waals surface area contributed by atoms with Gasteiger partial charge in [-0.15, -0.1) is 11.8 Å². The second kappa shape index (κ2) is 8.81. The number of thioether (sulfide) groups is 1. The first kappa shape index (κ1) is 19.0. The van der Waals surface area contributed by atoms with Gasteiger partial charge >= 0.3 is 0 Å². The molecule has 148 valence electrons. The van der Waals surface area contributed by atoms with Gasteiger partial charge in [-0.25, -0.2) is 0 Å². The number of morpholine rings is 1. The summed E-state index contributed by atoms with van der Waals surface area (Å²) in [4.78, 5) is 29.7. The van der Waals surface area contributed by atoms with Gasteiger partial charge in [0.2, 0.25) is 5.91 Å². The van der Waals surface area contributed by atoms with Gasteiger partial charge in [0.15, 0.2) is 5.76 Å². The highest BCUT2D eigenvalue weighted by Crippen LogP contribution is 2.35. The van der Waals surface area contributed by atoms with Gasteiger partial charge in [0, 0.05) is 31.1 Å². The smallest absolute Gasteiger partial charge is 0.287 e. The Balaban J connectivity index is 1.34. The van der Waals surface area contributed by atoms with Crippen molar-refractivity contribution in [2.75, 3.05) is 50.0 Å². The van der Waals surface area contributed by atoms with Crippen LogP contribution in [0.5, 0.6) is 0 Å². The van der Waals surface area contributed by atoms with Crippen LogP contribution in [-0.2, 0) is 16.1 Å². The van der Waals surface area contributed by atoms with E-state index in [1.54, 1.807) is 28.8 Å². The van der Waals surface area contributed by atoms with Crippen LogP contribution in [0.2, 0.25) is 0 Å². The number of para-hydroxylation sites is 1. The lowest BCUT2D eigenvalue weighted by atomic mass is 10.2. The lowest BCUT2D eigenvalue weighted by Gasteiger charge is -2.28. The Morgan fingerprint density at radius 1 is 1.14 bits per heavy atom. The molecule has 2 aliphatic rings. The Labute approximate surface area is 168 Å². The minimum Gasteiger partial charge on any atom is -0.454 e. The Morgan fingerprint density at radius 2 is 1.96 bits per heavy atom. The molecule has 2 amide bonds. The predicted octanol–water partition coefficient (Wildman–Crippen LogP) is 1.98. The maximum atomic E-state index is 12.4. The van der Waals surface area contributed by atoms with Crippen LogP contribution in [0.3, 0.4) is 0 Å². The number of anilines is 1. The van der Waals surface area contributed by atoms with Gasteiger partial charge in [0.25, 0.3) is 5.91 Å². The number of carbonyl (C=O) groups excluding carboxylic acids is 2. The van der Waals surface area contributed by atoms with Crippen LogP contribution in [0, 0.1) is 0 Å². The Bertz CT molecular complexity index is 847. The lowest BCUT2D eigenvalue weighted by molar-refractivity contribution is -0.116. The van der Waals surface area contributed by atoms with Crippen molar-refractivity contribution in [2.45, 2.75) is 11.4 Å². The summed E-state index contributed by atoms with van der Waals surface area (Å²) in [6.07, 6.45) is 0. The molecule has 1 fully saturated rings. The van der Waals surface area contributed by atoms with Gasteiger partial charge in [-0.05, 0) is 24.3 Å². The molecule has 2 aromatic rings. The normalized spacial score (nSPS) is 17.4. The molecule has 1 N–H and O–H groups in total. The topological polar surface area (TPSA) is 75.0 Å². The molecule has 4 rings (SSSR count). The van der Waals surface area contributed by atoms with Gasteiger partial charge in [-0.2, -0.15) is 0 Å². The molecule has 8 heteroatoms. The number of fused-ring (bicyclic) bond motifs is 1. The van der Waals surface area contributed by atoms with E-state index in [2.05, 4.69) is 10.2 Å². The number of nitrogens with zero attached hydrogens (tertiary/aromatic N) is 2. The minimum absolute atomic E-state index is 0.0385. The maximum absolute atomic E-state index is 12.4. The van der Waals surface area contributed by atoms with E-state index in [1.165, 1.54) is 0 Å². The Kier molecular flexibility index (Phi) is 5.99. The quantitative estimate of drug-likeness (QED) is 0.798. The van der Waals surface area contributed by atoms with Crippen molar-refractivity contribution in [2.24, 2.45) is 0 Å². The molecule has 1 aromatic carbocycles. The summed E-state index contributed by atoms with van der Waals surface area (Å²) >= 11 is 1.54. The van der Waals surface area contributed by atoms with Crippen LogP contribution in [-0.4, -0.2) is 61.9 Å². The zero-order valence-corrected chi connectivity index (χ0v) is 16.4. The van der Waals surface area contributed by atoms with E-state index in [-0.39, 0.29) is 17.6 Å². The molecule has 0 saturated carbocycles. The van der Waals surface area contributed by atoms with E-state index < -0.39 is 0 Å². The molecule has 0 unspecified atom stereocenters. The highest BCUT2D eigenvalue weighted by atomic mass is 32.2. The molecule has 28 heavy (non-hydrogen) atoms. The van der Waals surface area contributed by atoms with Crippen LogP contribution in [0.15, 0.2) is 45.7 Å². The first-order chi connectivity index (χ1) is 13.7. The number of hydrogen-bond acceptors (Lipinski definition) is 6. The van der Waals surface area contributed by atoms with Crippen LogP contribution in [0.1, 0.15) is 16.3 Å². The van der Waals surface area contributed by atoms with Gasteiger partial charge in [0.05, 0.1) is 31.2 Å². The van der Waals surface area contributed by atoms with E-state index >= 15 is 0 Å². The van der Waals surface area contributed by atoms with Crippen molar-refractivity contribution in [3.8, 4) is 0 Å². The van der Waals surface area contributed by atoms with Crippen molar-refractivity contribution >= 4 is 29.3 Å². The van der Waals surface area contributed by atoms with Crippen molar-refractivity contribution in [1.29, 1.82) is 0 Å². The molecular formula is C20H23N3O4S. The van der Waals surface area contributed by atoms with Crippen LogP contribution in [0.4, 0.5) is 5.69 Å². The number of ether oxygens (including phenoxy) is 1. The fraction of sp³-hybridized carbons (Fsp3) is 0.400. The first-order valence-electron chi connectivity index (χ1n) is 9.40. The van der Waals surface area contributed by atoms with Crippen LogP contribution < -0.4 is 10.2 Å². The molecule has 7 nitrogen and oxygen atoms in total. The molecule has 0 atom stereocenters. The zero-order valence-electron chi connectivity index (χ0n) is 15.6. The average Bonchev–Trinajstić information content (AvgIpc) is 3.20. The van der Waals surface area contributed by atoms with Crippen molar-refractivity contribution < 1.29 is 18.7 Å². The summed E-state index contributed by atoms with van der Waals surface area (Å²) in [7, 11) is 0. The number of carbonyl (C=O) groups is 2. The van der Waals surface area contributed by atoms with Gasteiger partial charge in [-0.3, -0.25) is 14.5 Å². The molecule has 2 aliphatic heterocycles. The summed E-state index contributed by atoms with van der Waals surface area (Å²) in [5, 5.41) is 2.89. The highest BCUT2D eigenvalue weighted by molar-refractivity contribution is 8.00. The fourth-order valence-corrected chi connectivity index (χ4v) is 4.24. The van der Waals surface area contributed by atoms with E-state index in [0.29, 0.717) is 24.6 Å². The summed E-state index contributed by atoms with van der Waals surface area (Å²) < 4.78 is 11.0. The SMILES string of the molecule is O=C(NCCN1CCOCC1)c1ccc(CN2C(=O)CSc3ccccc32)o1. The Morgan fingerprint density at radius 3 is 2.82 bits per heavy atom. The van der Waals surface area contributed by atoms with Gasteiger partial charge < -0.3 is 19.4 Å². The number of furan rings is 1. The van der Waals surface area contributed by atoms with Crippen molar-refractivity contribution in [3.63, 3.8) is 0 Å². The Hall–Kier alpha value is -2.29. The van der Waals surface area contributed by atoms with E-state index in [9.17, 15) is 9.59 Å². The second-order valence-corrected chi connectivity index (χ2v) is 7.73. The third kappa shape index (κ3) is 4.40. The molecule has 1 saturated heterocycles. The summed E-state index contributed by atoms with van der Waals surface area (Å²) in [5.41, 5.74) is 0.886. The van der Waals surface area contributed by atoms with E-state index in [1.807, 2.05) is 24.3 Å². The number of nitrogens with one attached hydrogen (secondary N) is 1. The zero-order chi connectivity index (χ0) is 19.3. The molecule has 0 aliphatic carbocycles. The van der Waals surface area contributed by atoms with E-state index in [0.717, 1.165) is 43.4 Å². The summed E-state index contributed by atoms with van der Waals surface area (Å²) in [6.45, 7) is 4.94. The molecule has 0 bridgehead atoms. The number of hydrogen-bond donors (Lipinski definition) is 1. The minimum atomic E-state index is -0.236. The first-order valence-corrected chi connectivity index (χ1v) is 10.4. The monoisotopic (exact) mass is 401 g/mol. The highest BCUT2D eigenvalue weighted by Gasteiger charge is 2.25. The van der Waals surface area contributed by atoms with Crippen LogP contribution >= 0.6 is 11.8 Å². The third-order valence-electron chi connectivity index (χ3n) is 4.82. The molecule has 0 radical (unpaired) electrons. The maximum Gasteiger partial charge on any atom is 0.287 e. The predicted molar refractivity (Wildman–Crippen MR) is 107 cm³/mol. The van der Waals surface area contributed by atoms with Gasteiger partial charge in [0.1, 0.15) is 5.76 Å². The van der Waals surface area contributed by atoms with Crippen molar-refractivity contribution in [1.82, 2.24) is 10.2 Å². The number of rotatable bonds is 6. The summed E-state index contributed by atoms with van der Waals surface area (Å²) in [6, 6.07) is 11.2. The third-order valence-corrected chi connectivity index (χ3v) is 5.87. The fourth-order valence-electron chi connectivity index (χ4n) is 3.31. The van der Waals surface area contributed by atoms with E-state index in [4.69, 9.17) is 9.15 Å². The molecule has 1 aromatic heterocycles. The van der Waals surface area contributed by atoms with Crippen LogP contribution in [0.25, 0.3) is 0 Å². The summed E-state index contributed by atoms with van der Waals surface area (Å²) in [5.74, 6) is 1.07. The van der Waals surface area contributed by atoms with Gasteiger partial charge in [-0.1, -0.05) is 12.1 Å². The van der Waals surface area contributed by atoms with Crippen molar-refractivity contribution in [3.05, 3.63) is 47.9 Å². The molecule has 3 heterocycles. The molecule has 0 spiro atoms.